The first-order valence-electron chi connectivity index (χ1n) is 6.56. The smallest absolute Gasteiger partial charge is 0.354 e. The maximum atomic E-state index is 11.8. The van der Waals surface area contributed by atoms with E-state index in [9.17, 15) is 9.59 Å². The largest absolute Gasteiger partial charge is 0.477 e. The summed E-state index contributed by atoms with van der Waals surface area (Å²) in [7, 11) is 0. The van der Waals surface area contributed by atoms with Crippen LogP contribution < -0.4 is 5.32 Å². The van der Waals surface area contributed by atoms with Crippen LogP contribution in [0, 0.1) is 5.92 Å². The number of carbonyl (C=O) groups excluding carboxylic acids is 1. The second-order valence-corrected chi connectivity index (χ2v) is 5.96. The Bertz CT molecular complexity index is 463. The molecule has 6 heteroatoms. The van der Waals surface area contributed by atoms with E-state index in [-0.39, 0.29) is 11.6 Å². The second-order valence-electron chi connectivity index (χ2n) is 4.81. The fourth-order valence-electron chi connectivity index (χ4n) is 1.49. The lowest BCUT2D eigenvalue weighted by atomic mass is 10.2. The van der Waals surface area contributed by atoms with Crippen LogP contribution in [0.5, 0.6) is 0 Å². The summed E-state index contributed by atoms with van der Waals surface area (Å²) >= 11 is 1.88. The molecule has 0 saturated carbocycles. The number of nitrogens with zero attached hydrogens (tertiary/aromatic N) is 1. The molecule has 1 amide bonds. The van der Waals surface area contributed by atoms with Crippen molar-refractivity contribution in [3.05, 3.63) is 29.6 Å². The van der Waals surface area contributed by atoms with Gasteiger partial charge in [-0.25, -0.2) is 9.78 Å². The maximum absolute atomic E-state index is 11.8. The number of carbonyl (C=O) groups is 2. The van der Waals surface area contributed by atoms with E-state index < -0.39 is 5.97 Å². The number of thioether (sulfide) groups is 1. The summed E-state index contributed by atoms with van der Waals surface area (Å²) < 4.78 is 0. The third-order valence-corrected chi connectivity index (χ3v) is 3.92. The number of carboxylic acid groups (broad SMARTS) is 1. The molecular weight excluding hydrogens is 276 g/mol. The molecule has 0 spiro atoms. The van der Waals surface area contributed by atoms with Crippen LogP contribution in [0.15, 0.2) is 18.3 Å². The van der Waals surface area contributed by atoms with Crippen LogP contribution in [0.3, 0.4) is 0 Å². The molecule has 0 unspecified atom stereocenters. The lowest BCUT2D eigenvalue weighted by molar-refractivity contribution is 0.0690. The normalized spacial score (nSPS) is 10.6. The first kappa shape index (κ1) is 16.5. The summed E-state index contributed by atoms with van der Waals surface area (Å²) in [4.78, 5) is 26.3. The molecule has 20 heavy (non-hydrogen) atoms. The highest BCUT2D eigenvalue weighted by atomic mass is 32.2. The first-order valence-corrected chi connectivity index (χ1v) is 7.71. The fraction of sp³-hybridized carbons (Fsp3) is 0.500. The van der Waals surface area contributed by atoms with Gasteiger partial charge in [0.15, 0.2) is 0 Å². The van der Waals surface area contributed by atoms with E-state index in [1.807, 2.05) is 11.8 Å². The summed E-state index contributed by atoms with van der Waals surface area (Å²) in [6.45, 7) is 4.95. The molecule has 5 nitrogen and oxygen atoms in total. The molecule has 0 saturated heterocycles. The Morgan fingerprint density at radius 3 is 2.85 bits per heavy atom. The van der Waals surface area contributed by atoms with Gasteiger partial charge in [0.05, 0.1) is 0 Å². The number of aromatic nitrogens is 1. The summed E-state index contributed by atoms with van der Waals surface area (Å²) in [5.41, 5.74) is 0.206. The topological polar surface area (TPSA) is 79.3 Å². The monoisotopic (exact) mass is 296 g/mol. The van der Waals surface area contributed by atoms with Crippen molar-refractivity contribution >= 4 is 23.6 Å². The zero-order chi connectivity index (χ0) is 15.0. The number of rotatable bonds is 8. The Hall–Kier alpha value is -1.56. The van der Waals surface area contributed by atoms with Gasteiger partial charge in [0.2, 0.25) is 0 Å². The number of nitrogens with one attached hydrogen (secondary N) is 1. The second kappa shape index (κ2) is 8.58. The van der Waals surface area contributed by atoms with Crippen molar-refractivity contribution in [3.8, 4) is 0 Å². The molecule has 0 aliphatic heterocycles. The van der Waals surface area contributed by atoms with Crippen molar-refractivity contribution in [2.24, 2.45) is 5.92 Å². The molecule has 0 atom stereocenters. The number of hydrogen-bond acceptors (Lipinski definition) is 4. The standard InChI is InChI=1S/C14H20N2O3S/c1-10(2)9-20-7-3-5-16-13(17)11-4-6-15-12(8-11)14(18)19/h4,6,8,10H,3,5,7,9H2,1-2H3,(H,16,17)(H,18,19). The van der Waals surface area contributed by atoms with Crippen LogP contribution in [-0.4, -0.2) is 40.0 Å². The molecule has 110 valence electrons. The molecule has 1 rings (SSSR count). The summed E-state index contributed by atoms with van der Waals surface area (Å²) in [5.74, 6) is 1.42. The van der Waals surface area contributed by atoms with Crippen molar-refractivity contribution in [3.63, 3.8) is 0 Å². The van der Waals surface area contributed by atoms with Gasteiger partial charge in [-0.3, -0.25) is 4.79 Å². The van der Waals surface area contributed by atoms with Gasteiger partial charge in [0.1, 0.15) is 5.69 Å². The van der Waals surface area contributed by atoms with Gasteiger partial charge in [0, 0.05) is 18.3 Å². The van der Waals surface area contributed by atoms with E-state index in [0.717, 1.165) is 17.9 Å². The Labute approximate surface area is 123 Å². The lowest BCUT2D eigenvalue weighted by Crippen LogP contribution is -2.25. The van der Waals surface area contributed by atoms with Crippen molar-refractivity contribution in [1.82, 2.24) is 10.3 Å². The Kier molecular flexibility index (Phi) is 7.08. The van der Waals surface area contributed by atoms with E-state index in [4.69, 9.17) is 5.11 Å². The van der Waals surface area contributed by atoms with Crippen LogP contribution in [0.2, 0.25) is 0 Å². The SMILES string of the molecule is CC(C)CSCCCNC(=O)c1ccnc(C(=O)O)c1. The molecular formula is C14H20N2O3S. The van der Waals surface area contributed by atoms with Gasteiger partial charge < -0.3 is 10.4 Å². The number of pyridine rings is 1. The van der Waals surface area contributed by atoms with Gasteiger partial charge >= 0.3 is 5.97 Å². The lowest BCUT2D eigenvalue weighted by Gasteiger charge is -2.06. The number of aromatic carboxylic acids is 1. The highest BCUT2D eigenvalue weighted by molar-refractivity contribution is 7.99. The third kappa shape index (κ3) is 6.06. The van der Waals surface area contributed by atoms with E-state index >= 15 is 0 Å². The van der Waals surface area contributed by atoms with Crippen LogP contribution in [-0.2, 0) is 0 Å². The van der Waals surface area contributed by atoms with Crippen LogP contribution in [0.25, 0.3) is 0 Å². The number of hydrogen-bond donors (Lipinski definition) is 2. The summed E-state index contributed by atoms with van der Waals surface area (Å²) in [6.07, 6.45) is 2.23. The average Bonchev–Trinajstić information content (AvgIpc) is 2.42. The average molecular weight is 296 g/mol. The number of amides is 1. The third-order valence-electron chi connectivity index (χ3n) is 2.44. The van der Waals surface area contributed by atoms with Gasteiger partial charge in [-0.15, -0.1) is 0 Å². The summed E-state index contributed by atoms with van der Waals surface area (Å²) in [5, 5.41) is 11.6. The minimum absolute atomic E-state index is 0.120. The highest BCUT2D eigenvalue weighted by Gasteiger charge is 2.09. The summed E-state index contributed by atoms with van der Waals surface area (Å²) in [6, 6.07) is 2.79. The first-order chi connectivity index (χ1) is 9.50. The molecule has 0 aliphatic carbocycles. The van der Waals surface area contributed by atoms with Crippen LogP contribution >= 0.6 is 11.8 Å². The van der Waals surface area contributed by atoms with Crippen molar-refractivity contribution in [2.75, 3.05) is 18.1 Å². The molecule has 0 radical (unpaired) electrons. The van der Waals surface area contributed by atoms with E-state index in [0.29, 0.717) is 18.0 Å². The number of carboxylic acids is 1. The Morgan fingerprint density at radius 1 is 1.45 bits per heavy atom. The van der Waals surface area contributed by atoms with Gasteiger partial charge in [-0.05, 0) is 36.0 Å². The maximum Gasteiger partial charge on any atom is 0.354 e. The minimum atomic E-state index is -1.13. The molecule has 0 aliphatic rings. The van der Waals surface area contributed by atoms with E-state index in [1.54, 1.807) is 0 Å². The van der Waals surface area contributed by atoms with E-state index in [1.165, 1.54) is 18.3 Å². The zero-order valence-electron chi connectivity index (χ0n) is 11.8. The van der Waals surface area contributed by atoms with Gasteiger partial charge in [-0.1, -0.05) is 13.8 Å². The Balaban J connectivity index is 2.32. The predicted octanol–water partition coefficient (Wildman–Crippen LogP) is 2.29. The highest BCUT2D eigenvalue weighted by Crippen LogP contribution is 2.08. The quantitative estimate of drug-likeness (QED) is 0.720. The molecule has 0 aromatic carbocycles. The van der Waals surface area contributed by atoms with Crippen molar-refractivity contribution in [1.29, 1.82) is 0 Å². The predicted molar refractivity (Wildman–Crippen MR) is 80.3 cm³/mol. The zero-order valence-corrected chi connectivity index (χ0v) is 12.6. The van der Waals surface area contributed by atoms with Crippen LogP contribution in [0.4, 0.5) is 0 Å². The molecule has 2 N–H and O–H groups in total. The van der Waals surface area contributed by atoms with Crippen LogP contribution in [0.1, 0.15) is 41.1 Å². The van der Waals surface area contributed by atoms with Crippen molar-refractivity contribution < 1.29 is 14.7 Å². The molecule has 1 aromatic rings. The minimum Gasteiger partial charge on any atom is -0.477 e. The van der Waals surface area contributed by atoms with Gasteiger partial charge in [-0.2, -0.15) is 11.8 Å². The van der Waals surface area contributed by atoms with Gasteiger partial charge in [0.25, 0.3) is 5.91 Å². The van der Waals surface area contributed by atoms with E-state index in [2.05, 4.69) is 24.1 Å². The molecule has 0 bridgehead atoms. The van der Waals surface area contributed by atoms with Crippen molar-refractivity contribution in [2.45, 2.75) is 20.3 Å². The molecule has 1 heterocycles. The fourth-order valence-corrected chi connectivity index (χ4v) is 2.47. The molecule has 1 aromatic heterocycles. The molecule has 0 fully saturated rings. The Morgan fingerprint density at radius 2 is 2.20 bits per heavy atom.